The number of hydrogen-bond acceptors (Lipinski definition) is 2. The summed E-state index contributed by atoms with van der Waals surface area (Å²) < 4.78 is 0. The summed E-state index contributed by atoms with van der Waals surface area (Å²) >= 11 is 12.3. The maximum absolute atomic E-state index is 11.9. The summed E-state index contributed by atoms with van der Waals surface area (Å²) in [7, 11) is 0. The second-order valence-corrected chi connectivity index (χ2v) is 4.38. The van der Waals surface area contributed by atoms with E-state index in [-0.39, 0.29) is 5.43 Å². The molecule has 0 aliphatic carbocycles. The number of H-pyrrole nitrogens is 1. The highest BCUT2D eigenvalue weighted by molar-refractivity contribution is 6.48. The number of halogens is 2. The summed E-state index contributed by atoms with van der Waals surface area (Å²) in [6.07, 6.45) is 3.17. The molecule has 0 bridgehead atoms. The number of rotatable bonds is 0. The van der Waals surface area contributed by atoms with Gasteiger partial charge in [0, 0.05) is 23.8 Å². The molecule has 1 N–H and O–H groups in total. The van der Waals surface area contributed by atoms with Crippen molar-refractivity contribution in [1.29, 1.82) is 0 Å². The Bertz CT molecular complexity index is 795. The zero-order chi connectivity index (χ0) is 12.0. The van der Waals surface area contributed by atoms with Crippen LogP contribution < -0.4 is 5.43 Å². The van der Waals surface area contributed by atoms with Gasteiger partial charge in [-0.05, 0) is 6.07 Å². The van der Waals surface area contributed by atoms with Crippen LogP contribution in [-0.2, 0) is 0 Å². The van der Waals surface area contributed by atoms with Gasteiger partial charge in [-0.25, -0.2) is 0 Å². The zero-order valence-corrected chi connectivity index (χ0v) is 10.0. The lowest BCUT2D eigenvalue weighted by Crippen LogP contribution is -2.02. The fourth-order valence-corrected chi connectivity index (χ4v) is 2.40. The third-order valence-electron chi connectivity index (χ3n) is 2.66. The van der Waals surface area contributed by atoms with Crippen LogP contribution in [0.15, 0.2) is 35.4 Å². The number of aromatic nitrogens is 2. The van der Waals surface area contributed by atoms with Gasteiger partial charge in [0.05, 0.1) is 26.5 Å². The summed E-state index contributed by atoms with van der Waals surface area (Å²) in [5.74, 6) is 0. The van der Waals surface area contributed by atoms with Gasteiger partial charge in [-0.2, -0.15) is 0 Å². The molecule has 3 nitrogen and oxygen atoms in total. The SMILES string of the molecule is O=c1cc[nH]c2c(Cl)c(Cl)c3ncccc3c12. The first kappa shape index (κ1) is 10.6. The lowest BCUT2D eigenvalue weighted by Gasteiger charge is -2.07. The molecule has 0 spiro atoms. The van der Waals surface area contributed by atoms with Crippen LogP contribution in [0.25, 0.3) is 21.8 Å². The third kappa shape index (κ3) is 1.43. The van der Waals surface area contributed by atoms with E-state index in [1.54, 1.807) is 18.5 Å². The van der Waals surface area contributed by atoms with Crippen LogP contribution in [0.5, 0.6) is 0 Å². The molecular weight excluding hydrogens is 259 g/mol. The molecular formula is C12H6Cl2N2O. The van der Waals surface area contributed by atoms with Crippen LogP contribution in [0.4, 0.5) is 0 Å². The first-order valence-electron chi connectivity index (χ1n) is 4.93. The van der Waals surface area contributed by atoms with Crippen molar-refractivity contribution in [2.24, 2.45) is 0 Å². The van der Waals surface area contributed by atoms with E-state index in [2.05, 4.69) is 9.97 Å². The third-order valence-corrected chi connectivity index (χ3v) is 3.50. The molecule has 0 aliphatic heterocycles. The van der Waals surface area contributed by atoms with Crippen LogP contribution in [-0.4, -0.2) is 9.97 Å². The number of nitrogens with zero attached hydrogens (tertiary/aromatic N) is 1. The summed E-state index contributed by atoms with van der Waals surface area (Å²) in [6, 6.07) is 5.03. The summed E-state index contributed by atoms with van der Waals surface area (Å²) in [5, 5.41) is 1.91. The molecule has 2 heterocycles. The quantitative estimate of drug-likeness (QED) is 0.633. The molecule has 84 valence electrons. The Balaban J connectivity index is 2.77. The van der Waals surface area contributed by atoms with Crippen molar-refractivity contribution >= 4 is 45.0 Å². The highest BCUT2D eigenvalue weighted by Crippen LogP contribution is 2.35. The molecule has 0 atom stereocenters. The Hall–Kier alpha value is -1.58. The molecule has 3 rings (SSSR count). The lowest BCUT2D eigenvalue weighted by atomic mass is 10.1. The number of nitrogens with one attached hydrogen (secondary N) is 1. The molecule has 2 aromatic heterocycles. The molecule has 5 heteroatoms. The first-order chi connectivity index (χ1) is 8.20. The second-order valence-electron chi connectivity index (χ2n) is 3.62. The predicted molar refractivity (Wildman–Crippen MR) is 69.9 cm³/mol. The van der Waals surface area contributed by atoms with E-state index in [1.807, 2.05) is 6.07 Å². The van der Waals surface area contributed by atoms with Crippen LogP contribution in [0.3, 0.4) is 0 Å². The standard InChI is InChI=1S/C12H6Cl2N2O/c13-9-10(14)12-8(7(17)3-5-16-12)6-2-1-4-15-11(6)9/h1-5H,(H,16,17). The Kier molecular flexibility index (Phi) is 2.31. The molecule has 0 unspecified atom stereocenters. The fourth-order valence-electron chi connectivity index (χ4n) is 1.92. The highest BCUT2D eigenvalue weighted by Gasteiger charge is 2.14. The van der Waals surface area contributed by atoms with Crippen molar-refractivity contribution in [3.05, 3.63) is 50.9 Å². The number of pyridine rings is 2. The molecule has 17 heavy (non-hydrogen) atoms. The molecule has 0 fully saturated rings. The van der Waals surface area contributed by atoms with Gasteiger partial charge in [0.25, 0.3) is 0 Å². The summed E-state index contributed by atoms with van der Waals surface area (Å²) in [6.45, 7) is 0. The molecule has 0 saturated heterocycles. The normalized spacial score (nSPS) is 11.2. The Labute approximate surface area is 106 Å². The average Bonchev–Trinajstić information content (AvgIpc) is 2.36. The van der Waals surface area contributed by atoms with Crippen molar-refractivity contribution in [2.75, 3.05) is 0 Å². The van der Waals surface area contributed by atoms with E-state index in [0.717, 1.165) is 0 Å². The predicted octanol–water partition coefficient (Wildman–Crippen LogP) is 3.38. The lowest BCUT2D eigenvalue weighted by molar-refractivity contribution is 1.38. The van der Waals surface area contributed by atoms with E-state index >= 15 is 0 Å². The van der Waals surface area contributed by atoms with Crippen molar-refractivity contribution in [1.82, 2.24) is 9.97 Å². The first-order valence-corrected chi connectivity index (χ1v) is 5.69. The highest BCUT2D eigenvalue weighted by atomic mass is 35.5. The number of hydrogen-bond donors (Lipinski definition) is 1. The van der Waals surface area contributed by atoms with E-state index in [1.165, 1.54) is 6.07 Å². The topological polar surface area (TPSA) is 45.8 Å². The van der Waals surface area contributed by atoms with Crippen molar-refractivity contribution in [3.8, 4) is 0 Å². The smallest absolute Gasteiger partial charge is 0.190 e. The molecule has 0 radical (unpaired) electrons. The minimum Gasteiger partial charge on any atom is -0.360 e. The van der Waals surface area contributed by atoms with Crippen LogP contribution >= 0.6 is 23.2 Å². The Morgan fingerprint density at radius 3 is 2.82 bits per heavy atom. The van der Waals surface area contributed by atoms with Gasteiger partial charge in [-0.15, -0.1) is 0 Å². The zero-order valence-electron chi connectivity index (χ0n) is 8.50. The maximum atomic E-state index is 11.9. The Morgan fingerprint density at radius 1 is 1.18 bits per heavy atom. The Morgan fingerprint density at radius 2 is 2.00 bits per heavy atom. The fraction of sp³-hybridized carbons (Fsp3) is 0. The van der Waals surface area contributed by atoms with Gasteiger partial charge in [0.1, 0.15) is 0 Å². The molecule has 0 aliphatic rings. The molecule has 0 saturated carbocycles. The van der Waals surface area contributed by atoms with Gasteiger partial charge < -0.3 is 4.98 Å². The monoisotopic (exact) mass is 264 g/mol. The average molecular weight is 265 g/mol. The molecule has 1 aromatic carbocycles. The largest absolute Gasteiger partial charge is 0.360 e. The van der Waals surface area contributed by atoms with Crippen LogP contribution in [0, 0.1) is 0 Å². The van der Waals surface area contributed by atoms with Crippen LogP contribution in [0.2, 0.25) is 10.0 Å². The molecule has 3 aromatic rings. The van der Waals surface area contributed by atoms with Gasteiger partial charge in [-0.1, -0.05) is 29.3 Å². The van der Waals surface area contributed by atoms with E-state index in [4.69, 9.17) is 23.2 Å². The maximum Gasteiger partial charge on any atom is 0.190 e. The summed E-state index contributed by atoms with van der Waals surface area (Å²) in [4.78, 5) is 19.0. The van der Waals surface area contributed by atoms with Gasteiger partial charge in [-0.3, -0.25) is 9.78 Å². The molecule has 0 amide bonds. The van der Waals surface area contributed by atoms with Crippen molar-refractivity contribution in [2.45, 2.75) is 0 Å². The number of fused-ring (bicyclic) bond motifs is 3. The van der Waals surface area contributed by atoms with Crippen molar-refractivity contribution < 1.29 is 0 Å². The van der Waals surface area contributed by atoms with Crippen LogP contribution in [0.1, 0.15) is 0 Å². The van der Waals surface area contributed by atoms with E-state index in [9.17, 15) is 4.79 Å². The van der Waals surface area contributed by atoms with Gasteiger partial charge in [0.15, 0.2) is 5.43 Å². The van der Waals surface area contributed by atoms with E-state index < -0.39 is 0 Å². The minimum atomic E-state index is -0.102. The summed E-state index contributed by atoms with van der Waals surface area (Å²) in [5.41, 5.74) is 0.989. The van der Waals surface area contributed by atoms with Gasteiger partial charge >= 0.3 is 0 Å². The second kappa shape index (κ2) is 3.72. The van der Waals surface area contributed by atoms with E-state index in [0.29, 0.717) is 31.9 Å². The van der Waals surface area contributed by atoms with Gasteiger partial charge in [0.2, 0.25) is 0 Å². The number of benzene rings is 1. The van der Waals surface area contributed by atoms with Crippen molar-refractivity contribution in [3.63, 3.8) is 0 Å². The minimum absolute atomic E-state index is 0.102. The number of aromatic amines is 1.